The van der Waals surface area contributed by atoms with Gasteiger partial charge in [0.2, 0.25) is 11.8 Å². The Balaban J connectivity index is 1.66. The molecule has 118 valence electrons. The SMILES string of the molecule is NC(=O)CNC(=O)CCc1ccc(-c2c[nH]c3ncccc23)s1. The zero-order valence-corrected chi connectivity index (χ0v) is 13.2. The number of H-pyrrole nitrogens is 1. The molecule has 0 bridgehead atoms. The standard InChI is InChI=1S/C16H16N4O2S/c17-14(21)9-19-15(22)6-4-10-3-5-13(23-10)12-8-20-16-11(12)2-1-7-18-16/h1-3,5,7-8H,4,6,9H2,(H2,17,21)(H,18,20)(H,19,22). The maximum Gasteiger partial charge on any atom is 0.236 e. The van der Waals surface area contributed by atoms with Crippen LogP contribution in [0.25, 0.3) is 21.5 Å². The summed E-state index contributed by atoms with van der Waals surface area (Å²) >= 11 is 1.65. The van der Waals surface area contributed by atoms with Gasteiger partial charge in [0.05, 0.1) is 6.54 Å². The van der Waals surface area contributed by atoms with Crippen LogP contribution < -0.4 is 11.1 Å². The average molecular weight is 328 g/mol. The van der Waals surface area contributed by atoms with E-state index in [0.29, 0.717) is 12.8 Å². The molecule has 0 saturated heterocycles. The topological polar surface area (TPSA) is 101 Å². The van der Waals surface area contributed by atoms with Crippen molar-refractivity contribution in [3.63, 3.8) is 0 Å². The Labute approximate surface area is 136 Å². The number of pyridine rings is 1. The number of aromatic nitrogens is 2. The van der Waals surface area contributed by atoms with Crippen molar-refractivity contribution in [1.29, 1.82) is 0 Å². The van der Waals surface area contributed by atoms with Crippen LogP contribution in [-0.2, 0) is 16.0 Å². The molecular weight excluding hydrogens is 312 g/mol. The zero-order valence-electron chi connectivity index (χ0n) is 12.3. The van der Waals surface area contributed by atoms with E-state index in [1.165, 1.54) is 0 Å². The van der Waals surface area contributed by atoms with Crippen molar-refractivity contribution >= 4 is 34.2 Å². The van der Waals surface area contributed by atoms with Crippen molar-refractivity contribution in [2.75, 3.05) is 6.54 Å². The highest BCUT2D eigenvalue weighted by Gasteiger charge is 2.10. The molecule has 0 aliphatic rings. The van der Waals surface area contributed by atoms with Gasteiger partial charge in [-0.3, -0.25) is 9.59 Å². The number of nitrogens with two attached hydrogens (primary N) is 1. The Hall–Kier alpha value is -2.67. The van der Waals surface area contributed by atoms with Crippen LogP contribution in [0, 0.1) is 0 Å². The van der Waals surface area contributed by atoms with E-state index in [9.17, 15) is 9.59 Å². The first-order chi connectivity index (χ1) is 11.1. The predicted molar refractivity (Wildman–Crippen MR) is 89.9 cm³/mol. The van der Waals surface area contributed by atoms with Crippen LogP contribution in [0.2, 0.25) is 0 Å². The number of fused-ring (bicyclic) bond motifs is 1. The number of hydrogen-bond acceptors (Lipinski definition) is 4. The third-order valence-electron chi connectivity index (χ3n) is 3.44. The number of nitrogens with one attached hydrogen (secondary N) is 2. The van der Waals surface area contributed by atoms with Crippen LogP contribution in [0.3, 0.4) is 0 Å². The Kier molecular flexibility index (Phi) is 4.38. The van der Waals surface area contributed by atoms with Gasteiger partial charge in [0.15, 0.2) is 0 Å². The smallest absolute Gasteiger partial charge is 0.236 e. The van der Waals surface area contributed by atoms with E-state index in [2.05, 4.69) is 21.4 Å². The third kappa shape index (κ3) is 3.57. The van der Waals surface area contributed by atoms with Crippen molar-refractivity contribution in [3.05, 3.63) is 41.5 Å². The maximum absolute atomic E-state index is 11.6. The summed E-state index contributed by atoms with van der Waals surface area (Å²) in [5.74, 6) is -0.709. The molecule has 3 rings (SSSR count). The van der Waals surface area contributed by atoms with Gasteiger partial charge in [-0.25, -0.2) is 4.98 Å². The molecule has 0 saturated carbocycles. The Morgan fingerprint density at radius 1 is 1.30 bits per heavy atom. The monoisotopic (exact) mass is 328 g/mol. The van der Waals surface area contributed by atoms with E-state index >= 15 is 0 Å². The largest absolute Gasteiger partial charge is 0.368 e. The van der Waals surface area contributed by atoms with Crippen LogP contribution in [0.1, 0.15) is 11.3 Å². The summed E-state index contributed by atoms with van der Waals surface area (Å²) in [4.78, 5) is 31.9. The third-order valence-corrected chi connectivity index (χ3v) is 4.61. The number of carbonyl (C=O) groups excluding carboxylic acids is 2. The van der Waals surface area contributed by atoms with Gasteiger partial charge in [0.1, 0.15) is 5.65 Å². The summed E-state index contributed by atoms with van der Waals surface area (Å²) in [6.07, 6.45) is 4.68. The quantitative estimate of drug-likeness (QED) is 0.643. The molecule has 0 aromatic carbocycles. The minimum atomic E-state index is -0.537. The number of primary amides is 1. The highest BCUT2D eigenvalue weighted by atomic mass is 32.1. The second-order valence-electron chi connectivity index (χ2n) is 5.11. The molecule has 0 radical (unpaired) electrons. The molecule has 23 heavy (non-hydrogen) atoms. The molecule has 7 heteroatoms. The maximum atomic E-state index is 11.6. The van der Waals surface area contributed by atoms with Crippen LogP contribution in [0.15, 0.2) is 36.7 Å². The molecule has 0 atom stereocenters. The molecule has 0 unspecified atom stereocenters. The fourth-order valence-electron chi connectivity index (χ4n) is 2.33. The Morgan fingerprint density at radius 3 is 3.00 bits per heavy atom. The first-order valence-electron chi connectivity index (χ1n) is 7.19. The van der Waals surface area contributed by atoms with Gasteiger partial charge in [0.25, 0.3) is 0 Å². The van der Waals surface area contributed by atoms with Gasteiger partial charge in [-0.2, -0.15) is 0 Å². The van der Waals surface area contributed by atoms with Crippen LogP contribution >= 0.6 is 11.3 Å². The molecular formula is C16H16N4O2S. The summed E-state index contributed by atoms with van der Waals surface area (Å²) in [6.45, 7) is -0.114. The van der Waals surface area contributed by atoms with E-state index in [1.54, 1.807) is 17.5 Å². The van der Waals surface area contributed by atoms with E-state index < -0.39 is 5.91 Å². The average Bonchev–Trinajstić information content (AvgIpc) is 3.17. The summed E-state index contributed by atoms with van der Waals surface area (Å²) in [5, 5.41) is 3.57. The first-order valence-corrected chi connectivity index (χ1v) is 8.01. The predicted octanol–water partition coefficient (Wildman–Crippen LogP) is 1.83. The molecule has 2 amide bonds. The molecule has 3 aromatic heterocycles. The normalized spacial score (nSPS) is 10.8. The number of nitrogens with zero attached hydrogens (tertiary/aromatic N) is 1. The molecule has 4 N–H and O–H groups in total. The van der Waals surface area contributed by atoms with Gasteiger partial charge < -0.3 is 16.0 Å². The fraction of sp³-hybridized carbons (Fsp3) is 0.188. The molecule has 3 aromatic rings. The zero-order chi connectivity index (χ0) is 16.2. The van der Waals surface area contributed by atoms with Crippen molar-refractivity contribution in [1.82, 2.24) is 15.3 Å². The van der Waals surface area contributed by atoms with Crippen molar-refractivity contribution in [3.8, 4) is 10.4 Å². The highest BCUT2D eigenvalue weighted by Crippen LogP contribution is 2.33. The summed E-state index contributed by atoms with van der Waals surface area (Å²) in [5.41, 5.74) is 6.97. The number of rotatable bonds is 6. The molecule has 0 fully saturated rings. The van der Waals surface area contributed by atoms with Crippen LogP contribution in [0.4, 0.5) is 0 Å². The number of thiophene rings is 1. The van der Waals surface area contributed by atoms with Crippen molar-refractivity contribution in [2.45, 2.75) is 12.8 Å². The first kappa shape index (κ1) is 15.2. The van der Waals surface area contributed by atoms with Crippen molar-refractivity contribution < 1.29 is 9.59 Å². The molecule has 0 aliphatic heterocycles. The number of hydrogen-bond donors (Lipinski definition) is 3. The fourth-order valence-corrected chi connectivity index (χ4v) is 3.37. The molecule has 3 heterocycles. The van der Waals surface area contributed by atoms with E-state index in [1.807, 2.05) is 24.4 Å². The van der Waals surface area contributed by atoms with Gasteiger partial charge >= 0.3 is 0 Å². The minimum Gasteiger partial charge on any atom is -0.368 e. The minimum absolute atomic E-state index is 0.114. The van der Waals surface area contributed by atoms with E-state index in [0.717, 1.165) is 26.4 Å². The molecule has 0 spiro atoms. The van der Waals surface area contributed by atoms with Crippen LogP contribution in [-0.4, -0.2) is 28.3 Å². The van der Waals surface area contributed by atoms with Gasteiger partial charge in [0, 0.05) is 39.5 Å². The Bertz CT molecular complexity index is 853. The second kappa shape index (κ2) is 6.62. The Morgan fingerprint density at radius 2 is 2.17 bits per heavy atom. The van der Waals surface area contributed by atoms with Gasteiger partial charge in [-0.15, -0.1) is 11.3 Å². The van der Waals surface area contributed by atoms with Gasteiger partial charge in [-0.05, 0) is 30.7 Å². The van der Waals surface area contributed by atoms with Crippen LogP contribution in [0.5, 0.6) is 0 Å². The summed E-state index contributed by atoms with van der Waals surface area (Å²) in [6, 6.07) is 8.02. The summed E-state index contributed by atoms with van der Waals surface area (Å²) < 4.78 is 0. The summed E-state index contributed by atoms with van der Waals surface area (Å²) in [7, 11) is 0. The molecule has 0 aliphatic carbocycles. The lowest BCUT2D eigenvalue weighted by Crippen LogP contribution is -2.33. The van der Waals surface area contributed by atoms with E-state index in [-0.39, 0.29) is 12.5 Å². The lowest BCUT2D eigenvalue weighted by Gasteiger charge is -2.01. The van der Waals surface area contributed by atoms with Gasteiger partial charge in [-0.1, -0.05) is 0 Å². The second-order valence-corrected chi connectivity index (χ2v) is 6.28. The number of aromatic amines is 1. The number of aryl methyl sites for hydroxylation is 1. The lowest BCUT2D eigenvalue weighted by atomic mass is 10.2. The number of amides is 2. The highest BCUT2D eigenvalue weighted by molar-refractivity contribution is 7.15. The van der Waals surface area contributed by atoms with E-state index in [4.69, 9.17) is 5.73 Å². The van der Waals surface area contributed by atoms with Crippen molar-refractivity contribution in [2.24, 2.45) is 5.73 Å². The number of carbonyl (C=O) groups is 2. The molecule has 6 nitrogen and oxygen atoms in total. The lowest BCUT2D eigenvalue weighted by molar-refractivity contribution is -0.124.